The normalized spacial score (nSPS) is 11.3. The first-order chi connectivity index (χ1) is 18.7. The highest BCUT2D eigenvalue weighted by molar-refractivity contribution is 6.13. The fraction of sp³-hybridized carbons (Fsp3) is 0.0286. The molecule has 0 N–H and O–H groups in total. The molecule has 0 aliphatic carbocycles. The molecule has 0 atom stereocenters. The zero-order chi connectivity index (χ0) is 25.5. The lowest BCUT2D eigenvalue weighted by Crippen LogP contribution is -1.87. The average Bonchev–Trinajstić information content (AvgIpc) is 3.37. The van der Waals surface area contributed by atoms with Gasteiger partial charge in [0.1, 0.15) is 11.2 Å². The molecule has 180 valence electrons. The molecule has 7 aromatic rings. The number of para-hydroxylation sites is 2. The number of aryl methyl sites for hydroxylation is 1. The van der Waals surface area contributed by atoms with Crippen LogP contribution >= 0.6 is 0 Å². The second-order valence-corrected chi connectivity index (χ2v) is 9.62. The van der Waals surface area contributed by atoms with E-state index >= 15 is 0 Å². The van der Waals surface area contributed by atoms with E-state index in [0.29, 0.717) is 0 Å². The lowest BCUT2D eigenvalue weighted by molar-refractivity contribution is 0.671. The summed E-state index contributed by atoms with van der Waals surface area (Å²) in [6.07, 6.45) is 7.41. The number of hydrogen-bond donors (Lipinski definition) is 0. The molecule has 0 bridgehead atoms. The standard InChI is InChI=1S/C35H24N2O/c1-23-7-2-8-24(17-23)30-11-3-13-32-33-14-4-12-31(35(33)38-34(30)32)29-19-27(25-9-5-15-36-21-25)18-28(20-29)26-10-6-16-37-22-26/h2-22H,1H3. The van der Waals surface area contributed by atoms with E-state index in [1.807, 2.05) is 24.5 Å². The summed E-state index contributed by atoms with van der Waals surface area (Å²) >= 11 is 0. The number of rotatable bonds is 4. The molecule has 0 spiro atoms. The van der Waals surface area contributed by atoms with Crippen molar-refractivity contribution in [1.82, 2.24) is 9.97 Å². The molecule has 0 aliphatic heterocycles. The molecule has 0 saturated carbocycles. The van der Waals surface area contributed by atoms with Crippen molar-refractivity contribution in [3.05, 3.63) is 133 Å². The summed E-state index contributed by atoms with van der Waals surface area (Å²) in [5.41, 5.74) is 11.8. The Balaban J connectivity index is 1.48. The molecule has 0 radical (unpaired) electrons. The average molecular weight is 489 g/mol. The summed E-state index contributed by atoms with van der Waals surface area (Å²) in [7, 11) is 0. The van der Waals surface area contributed by atoms with Crippen molar-refractivity contribution >= 4 is 21.9 Å². The third-order valence-electron chi connectivity index (χ3n) is 7.09. The van der Waals surface area contributed by atoms with Crippen LogP contribution in [0.2, 0.25) is 0 Å². The Morgan fingerprint density at radius 3 is 1.55 bits per heavy atom. The van der Waals surface area contributed by atoms with Gasteiger partial charge < -0.3 is 4.42 Å². The van der Waals surface area contributed by atoms with E-state index in [-0.39, 0.29) is 0 Å². The number of fused-ring (bicyclic) bond motifs is 3. The lowest BCUT2D eigenvalue weighted by Gasteiger charge is -2.11. The molecule has 0 saturated heterocycles. The molecular formula is C35H24N2O. The lowest BCUT2D eigenvalue weighted by atomic mass is 9.93. The van der Waals surface area contributed by atoms with Gasteiger partial charge in [-0.2, -0.15) is 0 Å². The Morgan fingerprint density at radius 2 is 1.00 bits per heavy atom. The van der Waals surface area contributed by atoms with Crippen LogP contribution in [0.5, 0.6) is 0 Å². The van der Waals surface area contributed by atoms with Gasteiger partial charge in [0.05, 0.1) is 0 Å². The highest BCUT2D eigenvalue weighted by Gasteiger charge is 2.17. The monoisotopic (exact) mass is 488 g/mol. The van der Waals surface area contributed by atoms with Crippen LogP contribution < -0.4 is 0 Å². The zero-order valence-electron chi connectivity index (χ0n) is 20.9. The molecule has 0 fully saturated rings. The summed E-state index contributed by atoms with van der Waals surface area (Å²) in [4.78, 5) is 8.72. The van der Waals surface area contributed by atoms with Gasteiger partial charge in [0, 0.05) is 57.8 Å². The molecule has 7 rings (SSSR count). The molecular weight excluding hydrogens is 464 g/mol. The summed E-state index contributed by atoms with van der Waals surface area (Å²) in [6.45, 7) is 2.12. The van der Waals surface area contributed by atoms with E-state index in [9.17, 15) is 0 Å². The molecule has 3 heterocycles. The van der Waals surface area contributed by atoms with Gasteiger partial charge >= 0.3 is 0 Å². The van der Waals surface area contributed by atoms with E-state index in [1.165, 1.54) is 5.56 Å². The maximum atomic E-state index is 6.73. The van der Waals surface area contributed by atoms with Crippen LogP contribution in [-0.4, -0.2) is 9.97 Å². The number of nitrogens with zero attached hydrogens (tertiary/aromatic N) is 2. The molecule has 4 aromatic carbocycles. The largest absolute Gasteiger partial charge is 0.455 e. The molecule has 3 aromatic heterocycles. The number of pyridine rings is 2. The van der Waals surface area contributed by atoms with Crippen molar-refractivity contribution < 1.29 is 4.42 Å². The van der Waals surface area contributed by atoms with Crippen LogP contribution in [0.15, 0.2) is 132 Å². The minimum atomic E-state index is 0.892. The third kappa shape index (κ3) is 3.86. The summed E-state index contributed by atoms with van der Waals surface area (Å²) in [5.74, 6) is 0. The highest BCUT2D eigenvalue weighted by Crippen LogP contribution is 2.41. The fourth-order valence-electron chi connectivity index (χ4n) is 5.27. The van der Waals surface area contributed by atoms with Crippen LogP contribution in [0.25, 0.3) is 66.4 Å². The Labute approximate surface area is 221 Å². The van der Waals surface area contributed by atoms with Crippen molar-refractivity contribution in [2.24, 2.45) is 0 Å². The van der Waals surface area contributed by atoms with Gasteiger partial charge in [-0.15, -0.1) is 0 Å². The van der Waals surface area contributed by atoms with Crippen LogP contribution in [-0.2, 0) is 0 Å². The Kier molecular flexibility index (Phi) is 5.33. The summed E-state index contributed by atoms with van der Waals surface area (Å²) in [5, 5.41) is 2.23. The van der Waals surface area contributed by atoms with E-state index < -0.39 is 0 Å². The van der Waals surface area contributed by atoms with Gasteiger partial charge in [-0.25, -0.2) is 0 Å². The minimum absolute atomic E-state index is 0.892. The van der Waals surface area contributed by atoms with Gasteiger partial charge in [0.15, 0.2) is 0 Å². The first-order valence-electron chi connectivity index (χ1n) is 12.7. The van der Waals surface area contributed by atoms with Crippen molar-refractivity contribution in [2.45, 2.75) is 6.92 Å². The van der Waals surface area contributed by atoms with E-state index in [4.69, 9.17) is 4.42 Å². The van der Waals surface area contributed by atoms with E-state index in [2.05, 4.69) is 108 Å². The summed E-state index contributed by atoms with van der Waals surface area (Å²) < 4.78 is 6.73. The quantitative estimate of drug-likeness (QED) is 0.248. The van der Waals surface area contributed by atoms with Gasteiger partial charge in [-0.1, -0.05) is 78.4 Å². The SMILES string of the molecule is Cc1cccc(-c2cccc3c2oc2c(-c4cc(-c5cccnc5)cc(-c5cccnc5)c4)cccc23)c1. The smallest absolute Gasteiger partial charge is 0.143 e. The Bertz CT molecular complexity index is 1860. The number of aromatic nitrogens is 2. The van der Waals surface area contributed by atoms with Crippen molar-refractivity contribution in [3.8, 4) is 44.5 Å². The Hall–Kier alpha value is -5.02. The second kappa shape index (κ2) is 9.13. The van der Waals surface area contributed by atoms with Crippen molar-refractivity contribution in [2.75, 3.05) is 0 Å². The van der Waals surface area contributed by atoms with Gasteiger partial charge in [0.25, 0.3) is 0 Å². The molecule has 0 amide bonds. The molecule has 0 aliphatic rings. The van der Waals surface area contributed by atoms with Crippen molar-refractivity contribution in [3.63, 3.8) is 0 Å². The zero-order valence-corrected chi connectivity index (χ0v) is 20.9. The first-order valence-corrected chi connectivity index (χ1v) is 12.7. The molecule has 0 unspecified atom stereocenters. The van der Waals surface area contributed by atoms with E-state index in [0.717, 1.165) is 66.4 Å². The third-order valence-corrected chi connectivity index (χ3v) is 7.09. The Morgan fingerprint density at radius 1 is 0.474 bits per heavy atom. The predicted molar refractivity (Wildman–Crippen MR) is 156 cm³/mol. The predicted octanol–water partition coefficient (Wildman–Crippen LogP) is 9.35. The van der Waals surface area contributed by atoms with Gasteiger partial charge in [-0.3, -0.25) is 9.97 Å². The van der Waals surface area contributed by atoms with Gasteiger partial charge in [-0.05, 0) is 59.5 Å². The molecule has 3 heteroatoms. The summed E-state index contributed by atoms with van der Waals surface area (Å²) in [6, 6.07) is 36.2. The fourth-order valence-corrected chi connectivity index (χ4v) is 5.27. The van der Waals surface area contributed by atoms with E-state index in [1.54, 1.807) is 12.4 Å². The molecule has 3 nitrogen and oxygen atoms in total. The van der Waals surface area contributed by atoms with Crippen LogP contribution in [0.3, 0.4) is 0 Å². The highest BCUT2D eigenvalue weighted by atomic mass is 16.3. The number of furan rings is 1. The van der Waals surface area contributed by atoms with Crippen molar-refractivity contribution in [1.29, 1.82) is 0 Å². The second-order valence-electron chi connectivity index (χ2n) is 9.62. The first kappa shape index (κ1) is 22.2. The topological polar surface area (TPSA) is 38.9 Å². The van der Waals surface area contributed by atoms with Crippen LogP contribution in [0.4, 0.5) is 0 Å². The number of benzene rings is 4. The molecule has 38 heavy (non-hydrogen) atoms. The maximum Gasteiger partial charge on any atom is 0.143 e. The van der Waals surface area contributed by atoms with Crippen LogP contribution in [0.1, 0.15) is 5.56 Å². The number of hydrogen-bond acceptors (Lipinski definition) is 3. The van der Waals surface area contributed by atoms with Crippen LogP contribution in [0, 0.1) is 6.92 Å². The maximum absolute atomic E-state index is 6.73. The van der Waals surface area contributed by atoms with Gasteiger partial charge in [0.2, 0.25) is 0 Å². The minimum Gasteiger partial charge on any atom is -0.455 e.